The smallest absolute Gasteiger partial charge is 0.371 e. The van der Waals surface area contributed by atoms with Crippen LogP contribution < -0.4 is 4.90 Å². The van der Waals surface area contributed by atoms with Crippen molar-refractivity contribution < 1.29 is 13.2 Å². The molecule has 1 aromatic carbocycles. The zero-order valence-corrected chi connectivity index (χ0v) is 9.28. The summed E-state index contributed by atoms with van der Waals surface area (Å²) in [5, 5.41) is 0.121. The van der Waals surface area contributed by atoms with Crippen molar-refractivity contribution in [2.45, 2.75) is 19.0 Å². The highest BCUT2D eigenvalue weighted by molar-refractivity contribution is 6.30. The fourth-order valence-electron chi connectivity index (χ4n) is 1.97. The Morgan fingerprint density at radius 2 is 1.75 bits per heavy atom. The molecule has 5 heteroatoms. The van der Waals surface area contributed by atoms with Crippen LogP contribution >= 0.6 is 11.6 Å². The second-order valence-corrected chi connectivity index (χ2v) is 4.29. The SMILES string of the molecule is FC(F)(F)c1cc(Cl)ccc1N1CCCC1. The van der Waals surface area contributed by atoms with Gasteiger partial charge in [0.2, 0.25) is 0 Å². The summed E-state index contributed by atoms with van der Waals surface area (Å²) in [6.45, 7) is 1.37. The molecule has 0 N–H and O–H groups in total. The molecule has 16 heavy (non-hydrogen) atoms. The summed E-state index contributed by atoms with van der Waals surface area (Å²) in [5.74, 6) is 0. The number of hydrogen-bond donors (Lipinski definition) is 0. The molecule has 0 aromatic heterocycles. The molecule has 0 saturated carbocycles. The average Bonchev–Trinajstić information content (AvgIpc) is 2.69. The number of benzene rings is 1. The molecule has 1 saturated heterocycles. The van der Waals surface area contributed by atoms with Crippen molar-refractivity contribution >= 4 is 17.3 Å². The van der Waals surface area contributed by atoms with Gasteiger partial charge >= 0.3 is 6.18 Å². The van der Waals surface area contributed by atoms with E-state index in [1.165, 1.54) is 12.1 Å². The van der Waals surface area contributed by atoms with E-state index in [1.54, 1.807) is 4.90 Å². The number of hydrogen-bond acceptors (Lipinski definition) is 1. The van der Waals surface area contributed by atoms with Crippen molar-refractivity contribution in [2.75, 3.05) is 18.0 Å². The van der Waals surface area contributed by atoms with Crippen molar-refractivity contribution in [3.05, 3.63) is 28.8 Å². The molecule has 0 atom stereocenters. The first kappa shape index (κ1) is 11.6. The van der Waals surface area contributed by atoms with Gasteiger partial charge in [0.1, 0.15) is 0 Å². The van der Waals surface area contributed by atoms with Gasteiger partial charge < -0.3 is 4.90 Å². The molecule has 1 heterocycles. The number of nitrogens with zero attached hydrogens (tertiary/aromatic N) is 1. The van der Waals surface area contributed by atoms with Crippen molar-refractivity contribution in [3.8, 4) is 0 Å². The van der Waals surface area contributed by atoms with Crippen molar-refractivity contribution in [1.82, 2.24) is 0 Å². The monoisotopic (exact) mass is 249 g/mol. The van der Waals surface area contributed by atoms with E-state index in [2.05, 4.69) is 0 Å². The Balaban J connectivity index is 2.43. The minimum Gasteiger partial charge on any atom is -0.371 e. The van der Waals surface area contributed by atoms with Crippen molar-refractivity contribution in [2.24, 2.45) is 0 Å². The van der Waals surface area contributed by atoms with Crippen LogP contribution in [0.1, 0.15) is 18.4 Å². The summed E-state index contributed by atoms with van der Waals surface area (Å²) in [5.41, 5.74) is -0.392. The first-order chi connectivity index (χ1) is 7.48. The lowest BCUT2D eigenvalue weighted by Crippen LogP contribution is -2.22. The minimum atomic E-state index is -4.34. The molecule has 0 radical (unpaired) electrons. The molecule has 88 valence electrons. The van der Waals surface area contributed by atoms with Crippen molar-refractivity contribution in [1.29, 1.82) is 0 Å². The molecule has 2 rings (SSSR count). The van der Waals surface area contributed by atoms with Crippen LogP contribution in [0.25, 0.3) is 0 Å². The highest BCUT2D eigenvalue weighted by Gasteiger charge is 2.35. The van der Waals surface area contributed by atoms with E-state index in [0.29, 0.717) is 13.1 Å². The third kappa shape index (κ3) is 2.26. The fraction of sp³-hybridized carbons (Fsp3) is 0.455. The molecule has 1 aliphatic heterocycles. The summed E-state index contributed by atoms with van der Waals surface area (Å²) < 4.78 is 38.4. The second-order valence-electron chi connectivity index (χ2n) is 3.85. The predicted octanol–water partition coefficient (Wildman–Crippen LogP) is 3.96. The Morgan fingerprint density at radius 3 is 2.31 bits per heavy atom. The van der Waals surface area contributed by atoms with Gasteiger partial charge in [-0.05, 0) is 31.0 Å². The highest BCUT2D eigenvalue weighted by Crippen LogP contribution is 2.39. The molecule has 0 aliphatic carbocycles. The predicted molar refractivity (Wildman–Crippen MR) is 57.9 cm³/mol. The minimum absolute atomic E-state index is 0.121. The maximum atomic E-state index is 12.8. The third-order valence-corrected chi connectivity index (χ3v) is 2.95. The van der Waals surface area contributed by atoms with Crippen molar-refractivity contribution in [3.63, 3.8) is 0 Å². The molecule has 0 unspecified atom stereocenters. The number of halogens is 4. The van der Waals surface area contributed by atoms with Crippen LogP contribution in [0.3, 0.4) is 0 Å². The summed E-state index contributed by atoms with van der Waals surface area (Å²) in [7, 11) is 0. The summed E-state index contributed by atoms with van der Waals surface area (Å²) in [6.07, 6.45) is -2.46. The van der Waals surface area contributed by atoms with E-state index >= 15 is 0 Å². The molecule has 0 bridgehead atoms. The maximum Gasteiger partial charge on any atom is 0.418 e. The Labute approximate surface area is 96.8 Å². The summed E-state index contributed by atoms with van der Waals surface area (Å²) in [6, 6.07) is 3.95. The zero-order chi connectivity index (χ0) is 11.8. The van der Waals surface area contributed by atoms with Crippen LogP contribution in [-0.4, -0.2) is 13.1 Å². The van der Waals surface area contributed by atoms with Crippen LogP contribution in [0.5, 0.6) is 0 Å². The second kappa shape index (κ2) is 4.17. The van der Waals surface area contributed by atoms with Crippen LogP contribution in [-0.2, 0) is 6.18 Å². The lowest BCUT2D eigenvalue weighted by atomic mass is 10.1. The van der Waals surface area contributed by atoms with E-state index < -0.39 is 11.7 Å². The normalized spacial score (nSPS) is 16.9. The molecule has 1 aliphatic rings. The quantitative estimate of drug-likeness (QED) is 0.728. The Morgan fingerprint density at radius 1 is 1.12 bits per heavy atom. The first-order valence-corrected chi connectivity index (χ1v) is 5.48. The largest absolute Gasteiger partial charge is 0.418 e. The standard InChI is InChI=1S/C11H11ClF3N/c12-8-3-4-10(16-5-1-2-6-16)9(7-8)11(13,14)15/h3-4,7H,1-2,5-6H2. The van der Waals surface area contributed by atoms with Gasteiger partial charge in [0, 0.05) is 23.8 Å². The van der Waals surface area contributed by atoms with Gasteiger partial charge in [0.25, 0.3) is 0 Å². The van der Waals surface area contributed by atoms with Gasteiger partial charge in [-0.15, -0.1) is 0 Å². The lowest BCUT2D eigenvalue weighted by Gasteiger charge is -2.22. The highest BCUT2D eigenvalue weighted by atomic mass is 35.5. The Hall–Kier alpha value is -0.900. The van der Waals surface area contributed by atoms with Crippen LogP contribution in [0.15, 0.2) is 18.2 Å². The van der Waals surface area contributed by atoms with Crippen LogP contribution in [0.4, 0.5) is 18.9 Å². The number of rotatable bonds is 1. The fourth-order valence-corrected chi connectivity index (χ4v) is 2.14. The molecule has 1 nitrogen and oxygen atoms in total. The molecule has 1 fully saturated rings. The van der Waals surface area contributed by atoms with Gasteiger partial charge in [-0.25, -0.2) is 0 Å². The molecular weight excluding hydrogens is 239 g/mol. The van der Waals surface area contributed by atoms with E-state index in [4.69, 9.17) is 11.6 Å². The molecule has 0 amide bonds. The van der Waals surface area contributed by atoms with E-state index in [0.717, 1.165) is 18.9 Å². The van der Waals surface area contributed by atoms with Gasteiger partial charge in [0.15, 0.2) is 0 Å². The third-order valence-electron chi connectivity index (χ3n) is 2.71. The molecular formula is C11H11ClF3N. The average molecular weight is 250 g/mol. The van der Waals surface area contributed by atoms with E-state index in [1.807, 2.05) is 0 Å². The van der Waals surface area contributed by atoms with E-state index in [9.17, 15) is 13.2 Å². The lowest BCUT2D eigenvalue weighted by molar-refractivity contribution is -0.137. The summed E-state index contributed by atoms with van der Waals surface area (Å²) >= 11 is 5.61. The Kier molecular flexibility index (Phi) is 3.02. The van der Waals surface area contributed by atoms with Gasteiger partial charge in [-0.1, -0.05) is 11.6 Å². The zero-order valence-electron chi connectivity index (χ0n) is 8.52. The van der Waals surface area contributed by atoms with Crippen LogP contribution in [0, 0.1) is 0 Å². The van der Waals surface area contributed by atoms with Gasteiger partial charge in [-0.2, -0.15) is 13.2 Å². The number of anilines is 1. The maximum absolute atomic E-state index is 12.8. The number of alkyl halides is 3. The molecule has 0 spiro atoms. The van der Waals surface area contributed by atoms with Gasteiger partial charge in [0.05, 0.1) is 5.56 Å². The topological polar surface area (TPSA) is 3.24 Å². The first-order valence-electron chi connectivity index (χ1n) is 5.10. The summed E-state index contributed by atoms with van der Waals surface area (Å²) in [4.78, 5) is 1.76. The van der Waals surface area contributed by atoms with E-state index in [-0.39, 0.29) is 10.7 Å². The Bertz CT molecular complexity index is 383. The van der Waals surface area contributed by atoms with Crippen LogP contribution in [0.2, 0.25) is 5.02 Å². The van der Waals surface area contributed by atoms with Gasteiger partial charge in [-0.3, -0.25) is 0 Å². The molecule has 1 aromatic rings.